The summed E-state index contributed by atoms with van der Waals surface area (Å²) in [4.78, 5) is 0.730. The van der Waals surface area contributed by atoms with Crippen LogP contribution in [0.15, 0.2) is 65.6 Å². The molecular weight excluding hydrogens is 309 g/mol. The SMILES string of the molecule is FC(F)(F)c1cc(-c2ccccc2)n(-c2ccc(S)cc2)n1. The highest BCUT2D eigenvalue weighted by Crippen LogP contribution is 2.33. The lowest BCUT2D eigenvalue weighted by Crippen LogP contribution is -2.07. The van der Waals surface area contributed by atoms with Gasteiger partial charge < -0.3 is 0 Å². The van der Waals surface area contributed by atoms with Gasteiger partial charge >= 0.3 is 6.18 Å². The van der Waals surface area contributed by atoms with Crippen molar-refractivity contribution in [2.75, 3.05) is 0 Å². The molecule has 2 nitrogen and oxygen atoms in total. The molecule has 1 heterocycles. The van der Waals surface area contributed by atoms with E-state index in [0.29, 0.717) is 16.9 Å². The van der Waals surface area contributed by atoms with E-state index >= 15 is 0 Å². The number of hydrogen-bond donors (Lipinski definition) is 1. The van der Waals surface area contributed by atoms with Gasteiger partial charge in [-0.1, -0.05) is 30.3 Å². The molecule has 0 atom stereocenters. The van der Waals surface area contributed by atoms with Crippen molar-refractivity contribution in [2.45, 2.75) is 11.1 Å². The molecule has 0 radical (unpaired) electrons. The summed E-state index contributed by atoms with van der Waals surface area (Å²) in [6, 6.07) is 16.7. The molecule has 0 fully saturated rings. The van der Waals surface area contributed by atoms with Gasteiger partial charge in [-0.05, 0) is 30.3 Å². The Morgan fingerprint density at radius 2 is 1.55 bits per heavy atom. The van der Waals surface area contributed by atoms with Crippen LogP contribution in [0.3, 0.4) is 0 Å². The van der Waals surface area contributed by atoms with Crippen LogP contribution in [0.1, 0.15) is 5.69 Å². The molecule has 6 heteroatoms. The fourth-order valence-corrected chi connectivity index (χ4v) is 2.27. The predicted molar refractivity (Wildman–Crippen MR) is 81.3 cm³/mol. The molecule has 1 aromatic heterocycles. The topological polar surface area (TPSA) is 17.8 Å². The monoisotopic (exact) mass is 320 g/mol. The van der Waals surface area contributed by atoms with Gasteiger partial charge in [-0.2, -0.15) is 18.3 Å². The molecule has 0 aliphatic rings. The molecule has 3 aromatic rings. The number of thiol groups is 1. The van der Waals surface area contributed by atoms with E-state index in [1.165, 1.54) is 4.68 Å². The molecule has 0 unspecified atom stereocenters. The first-order valence-electron chi connectivity index (χ1n) is 6.47. The molecule has 0 bridgehead atoms. The van der Waals surface area contributed by atoms with Crippen LogP contribution in [0.5, 0.6) is 0 Å². The molecule has 112 valence electrons. The van der Waals surface area contributed by atoms with Gasteiger partial charge in [-0.3, -0.25) is 0 Å². The van der Waals surface area contributed by atoms with Crippen LogP contribution >= 0.6 is 12.6 Å². The second-order valence-electron chi connectivity index (χ2n) is 4.71. The number of halogens is 3. The van der Waals surface area contributed by atoms with Crippen molar-refractivity contribution in [2.24, 2.45) is 0 Å². The average molecular weight is 320 g/mol. The first kappa shape index (κ1) is 14.7. The highest BCUT2D eigenvalue weighted by atomic mass is 32.1. The Balaban J connectivity index is 2.19. The van der Waals surface area contributed by atoms with Gasteiger partial charge in [0.15, 0.2) is 5.69 Å². The van der Waals surface area contributed by atoms with Crippen LogP contribution in [-0.4, -0.2) is 9.78 Å². The number of benzene rings is 2. The highest BCUT2D eigenvalue weighted by Gasteiger charge is 2.35. The number of aromatic nitrogens is 2. The third-order valence-electron chi connectivity index (χ3n) is 3.16. The predicted octanol–water partition coefficient (Wildman–Crippen LogP) is 4.85. The average Bonchev–Trinajstić information content (AvgIpc) is 2.94. The number of hydrogen-bond acceptors (Lipinski definition) is 2. The zero-order valence-corrected chi connectivity index (χ0v) is 12.1. The van der Waals surface area contributed by atoms with Crippen LogP contribution in [0.4, 0.5) is 13.2 Å². The minimum absolute atomic E-state index is 0.389. The molecule has 3 rings (SSSR count). The second-order valence-corrected chi connectivity index (χ2v) is 5.22. The van der Waals surface area contributed by atoms with Gasteiger partial charge in [-0.25, -0.2) is 4.68 Å². The van der Waals surface area contributed by atoms with Gasteiger partial charge in [0.2, 0.25) is 0 Å². The smallest absolute Gasteiger partial charge is 0.233 e. The lowest BCUT2D eigenvalue weighted by atomic mass is 10.1. The second kappa shape index (κ2) is 5.53. The minimum Gasteiger partial charge on any atom is -0.233 e. The molecule has 0 saturated heterocycles. The van der Waals surface area contributed by atoms with E-state index in [9.17, 15) is 13.2 Å². The Kier molecular flexibility index (Phi) is 3.70. The van der Waals surface area contributed by atoms with Crippen LogP contribution < -0.4 is 0 Å². The summed E-state index contributed by atoms with van der Waals surface area (Å²) in [7, 11) is 0. The summed E-state index contributed by atoms with van der Waals surface area (Å²) in [6.07, 6.45) is -4.49. The van der Waals surface area contributed by atoms with Gasteiger partial charge in [0.1, 0.15) is 0 Å². The third-order valence-corrected chi connectivity index (χ3v) is 3.46. The van der Waals surface area contributed by atoms with Crippen LogP contribution in [0.25, 0.3) is 16.9 Å². The highest BCUT2D eigenvalue weighted by molar-refractivity contribution is 7.80. The summed E-state index contributed by atoms with van der Waals surface area (Å²) >= 11 is 4.18. The summed E-state index contributed by atoms with van der Waals surface area (Å²) in [5, 5.41) is 3.72. The molecule has 22 heavy (non-hydrogen) atoms. The van der Waals surface area contributed by atoms with E-state index in [1.807, 2.05) is 6.07 Å². The van der Waals surface area contributed by atoms with Gasteiger partial charge in [-0.15, -0.1) is 12.6 Å². The Hall–Kier alpha value is -2.21. The van der Waals surface area contributed by atoms with E-state index in [1.54, 1.807) is 48.5 Å². The first-order valence-corrected chi connectivity index (χ1v) is 6.92. The first-order chi connectivity index (χ1) is 10.4. The molecule has 0 amide bonds. The fraction of sp³-hybridized carbons (Fsp3) is 0.0625. The quantitative estimate of drug-likeness (QED) is 0.669. The van der Waals surface area contributed by atoms with E-state index < -0.39 is 11.9 Å². The largest absolute Gasteiger partial charge is 0.435 e. The molecular formula is C16H11F3N2S. The van der Waals surface area contributed by atoms with Crippen molar-refractivity contribution in [3.63, 3.8) is 0 Å². The van der Waals surface area contributed by atoms with Crippen molar-refractivity contribution in [1.29, 1.82) is 0 Å². The van der Waals surface area contributed by atoms with Crippen molar-refractivity contribution in [3.05, 3.63) is 66.4 Å². The molecule has 0 N–H and O–H groups in total. The Labute approximate surface area is 130 Å². The van der Waals surface area contributed by atoms with E-state index in [2.05, 4.69) is 17.7 Å². The Morgan fingerprint density at radius 1 is 0.909 bits per heavy atom. The summed E-state index contributed by atoms with van der Waals surface area (Å²) in [5.74, 6) is 0. The van der Waals surface area contributed by atoms with Gasteiger partial charge in [0, 0.05) is 10.5 Å². The third kappa shape index (κ3) is 2.87. The lowest BCUT2D eigenvalue weighted by molar-refractivity contribution is -0.141. The number of rotatable bonds is 2. The Bertz CT molecular complexity index is 777. The Morgan fingerprint density at radius 3 is 2.14 bits per heavy atom. The number of nitrogens with zero attached hydrogens (tertiary/aromatic N) is 2. The van der Waals surface area contributed by atoms with E-state index in [-0.39, 0.29) is 0 Å². The zero-order chi connectivity index (χ0) is 15.7. The molecule has 0 aliphatic heterocycles. The summed E-state index contributed by atoms with van der Waals surface area (Å²) in [5.41, 5.74) is 0.689. The standard InChI is InChI=1S/C16H11F3N2S/c17-16(18,19)15-10-14(11-4-2-1-3-5-11)21(20-15)12-6-8-13(22)9-7-12/h1-10,22H. The molecule has 2 aromatic carbocycles. The van der Waals surface area contributed by atoms with Gasteiger partial charge in [0.05, 0.1) is 11.4 Å². The van der Waals surface area contributed by atoms with Gasteiger partial charge in [0.25, 0.3) is 0 Å². The molecule has 0 saturated carbocycles. The fourth-order valence-electron chi connectivity index (χ4n) is 2.12. The van der Waals surface area contributed by atoms with Crippen molar-refractivity contribution in [1.82, 2.24) is 9.78 Å². The van der Waals surface area contributed by atoms with Crippen molar-refractivity contribution >= 4 is 12.6 Å². The maximum atomic E-state index is 13.0. The maximum absolute atomic E-state index is 13.0. The lowest BCUT2D eigenvalue weighted by Gasteiger charge is -2.07. The van der Waals surface area contributed by atoms with Crippen LogP contribution in [0, 0.1) is 0 Å². The van der Waals surface area contributed by atoms with Crippen molar-refractivity contribution < 1.29 is 13.2 Å². The van der Waals surface area contributed by atoms with E-state index in [0.717, 1.165) is 11.0 Å². The van der Waals surface area contributed by atoms with Crippen molar-refractivity contribution in [3.8, 4) is 16.9 Å². The normalized spacial score (nSPS) is 11.6. The number of alkyl halides is 3. The van der Waals surface area contributed by atoms with Crippen LogP contribution in [0.2, 0.25) is 0 Å². The maximum Gasteiger partial charge on any atom is 0.435 e. The summed E-state index contributed by atoms with van der Waals surface area (Å²) in [6.45, 7) is 0. The van der Waals surface area contributed by atoms with Crippen LogP contribution in [-0.2, 0) is 6.18 Å². The molecule has 0 aliphatic carbocycles. The van der Waals surface area contributed by atoms with E-state index in [4.69, 9.17) is 0 Å². The minimum atomic E-state index is -4.49. The molecule has 0 spiro atoms. The summed E-state index contributed by atoms with van der Waals surface area (Å²) < 4.78 is 40.3. The zero-order valence-electron chi connectivity index (χ0n) is 11.2.